The Bertz CT molecular complexity index is 877. The molecule has 2 N–H and O–H groups in total. The third-order valence-electron chi connectivity index (χ3n) is 4.26. The van der Waals surface area contributed by atoms with Crippen molar-refractivity contribution in [3.63, 3.8) is 0 Å². The van der Waals surface area contributed by atoms with E-state index in [1.54, 1.807) is 30.3 Å². The first-order valence-electron chi connectivity index (χ1n) is 7.91. The highest BCUT2D eigenvalue weighted by molar-refractivity contribution is 7.90. The van der Waals surface area contributed by atoms with Crippen LogP contribution in [0.15, 0.2) is 53.4 Å². The Morgan fingerprint density at radius 3 is 2.40 bits per heavy atom. The minimum atomic E-state index is -3.33. The van der Waals surface area contributed by atoms with E-state index in [1.807, 2.05) is 18.2 Å². The van der Waals surface area contributed by atoms with Crippen molar-refractivity contribution in [1.82, 2.24) is 10.6 Å². The molecule has 3 rings (SSSR count). The summed E-state index contributed by atoms with van der Waals surface area (Å²) in [6, 6.07) is 13.4. The van der Waals surface area contributed by atoms with Crippen molar-refractivity contribution in [3.05, 3.63) is 64.7 Å². The first-order chi connectivity index (χ1) is 11.8. The first kappa shape index (κ1) is 17.9. The van der Waals surface area contributed by atoms with Gasteiger partial charge in [-0.25, -0.2) is 8.42 Å². The van der Waals surface area contributed by atoms with Crippen LogP contribution in [-0.2, 0) is 14.6 Å². The molecule has 2 aromatic carbocycles. The van der Waals surface area contributed by atoms with E-state index in [-0.39, 0.29) is 16.7 Å². The summed E-state index contributed by atoms with van der Waals surface area (Å²) in [6.07, 6.45) is 1.17. The van der Waals surface area contributed by atoms with E-state index in [4.69, 9.17) is 11.6 Å². The molecule has 0 aliphatic carbocycles. The molecule has 0 spiro atoms. The van der Waals surface area contributed by atoms with Crippen molar-refractivity contribution in [2.24, 2.45) is 5.92 Å². The van der Waals surface area contributed by atoms with Gasteiger partial charge in [0.05, 0.1) is 16.9 Å². The Labute approximate surface area is 152 Å². The number of benzene rings is 2. The van der Waals surface area contributed by atoms with Crippen molar-refractivity contribution in [1.29, 1.82) is 0 Å². The Kier molecular flexibility index (Phi) is 5.13. The molecule has 1 saturated heterocycles. The largest absolute Gasteiger partial charge is 0.345 e. The van der Waals surface area contributed by atoms with E-state index in [0.717, 1.165) is 5.56 Å². The molecule has 1 amide bonds. The van der Waals surface area contributed by atoms with Crippen LogP contribution in [0.4, 0.5) is 0 Å². The molecular formula is C18H19ClN2O3S. The number of carbonyl (C=O) groups excluding carboxylic acids is 1. The fourth-order valence-electron chi connectivity index (χ4n) is 2.67. The molecule has 5 nitrogen and oxygen atoms in total. The van der Waals surface area contributed by atoms with Gasteiger partial charge in [-0.3, -0.25) is 4.79 Å². The number of hydrogen-bond acceptors (Lipinski definition) is 4. The number of amides is 1. The molecule has 1 aliphatic rings. The average molecular weight is 379 g/mol. The van der Waals surface area contributed by atoms with Crippen LogP contribution in [0.1, 0.15) is 17.2 Å². The van der Waals surface area contributed by atoms with Gasteiger partial charge < -0.3 is 10.6 Å². The van der Waals surface area contributed by atoms with E-state index < -0.39 is 15.9 Å². The zero-order valence-corrected chi connectivity index (χ0v) is 15.3. The SMILES string of the molecule is CS(=O)(=O)c1cccc(C(NC(=O)C2CNC2)c2ccc(Cl)cc2)c1. The fraction of sp³-hybridized carbons (Fsp3) is 0.278. The summed E-state index contributed by atoms with van der Waals surface area (Å²) in [4.78, 5) is 12.7. The highest BCUT2D eigenvalue weighted by atomic mass is 35.5. The Morgan fingerprint density at radius 1 is 1.16 bits per heavy atom. The molecule has 0 bridgehead atoms. The van der Waals surface area contributed by atoms with E-state index in [9.17, 15) is 13.2 Å². The van der Waals surface area contributed by atoms with Crippen molar-refractivity contribution < 1.29 is 13.2 Å². The van der Waals surface area contributed by atoms with Gasteiger partial charge in [-0.1, -0.05) is 35.9 Å². The third-order valence-corrected chi connectivity index (χ3v) is 5.62. The molecule has 132 valence electrons. The van der Waals surface area contributed by atoms with Gasteiger partial charge in [-0.05, 0) is 35.4 Å². The van der Waals surface area contributed by atoms with Crippen LogP contribution >= 0.6 is 11.6 Å². The summed E-state index contributed by atoms with van der Waals surface area (Å²) in [5.41, 5.74) is 1.56. The van der Waals surface area contributed by atoms with E-state index in [1.165, 1.54) is 6.26 Å². The van der Waals surface area contributed by atoms with E-state index >= 15 is 0 Å². The number of hydrogen-bond donors (Lipinski definition) is 2. The average Bonchev–Trinajstić information content (AvgIpc) is 2.51. The molecule has 1 unspecified atom stereocenters. The maximum absolute atomic E-state index is 12.4. The lowest BCUT2D eigenvalue weighted by Gasteiger charge is -2.29. The van der Waals surface area contributed by atoms with Crippen molar-refractivity contribution in [3.8, 4) is 0 Å². The standard InChI is InChI=1S/C18H19ClN2O3S/c1-25(23,24)16-4-2-3-13(9-16)17(12-5-7-15(19)8-6-12)21-18(22)14-10-20-11-14/h2-9,14,17,20H,10-11H2,1H3,(H,21,22). The second kappa shape index (κ2) is 7.15. The lowest BCUT2D eigenvalue weighted by atomic mass is 9.96. The second-order valence-corrected chi connectivity index (χ2v) is 8.65. The van der Waals surface area contributed by atoms with Gasteiger partial charge in [0.15, 0.2) is 9.84 Å². The summed E-state index contributed by atoms with van der Waals surface area (Å²) in [6.45, 7) is 1.31. The van der Waals surface area contributed by atoms with Gasteiger partial charge in [-0.15, -0.1) is 0 Å². The second-order valence-electron chi connectivity index (χ2n) is 6.19. The Morgan fingerprint density at radius 2 is 1.84 bits per heavy atom. The minimum absolute atomic E-state index is 0.0524. The molecule has 0 radical (unpaired) electrons. The van der Waals surface area contributed by atoms with Gasteiger partial charge in [-0.2, -0.15) is 0 Å². The van der Waals surface area contributed by atoms with Crippen molar-refractivity contribution in [2.45, 2.75) is 10.9 Å². The third kappa shape index (κ3) is 4.21. The predicted molar refractivity (Wildman–Crippen MR) is 97.3 cm³/mol. The van der Waals surface area contributed by atoms with Gasteiger partial charge in [0.25, 0.3) is 0 Å². The van der Waals surface area contributed by atoms with Crippen LogP contribution in [0.2, 0.25) is 5.02 Å². The predicted octanol–water partition coefficient (Wildman–Crippen LogP) is 2.17. The first-order valence-corrected chi connectivity index (χ1v) is 10.2. The zero-order valence-electron chi connectivity index (χ0n) is 13.7. The molecule has 1 atom stereocenters. The van der Waals surface area contributed by atoms with Gasteiger partial charge in [0.1, 0.15) is 0 Å². The van der Waals surface area contributed by atoms with Crippen molar-refractivity contribution in [2.75, 3.05) is 19.3 Å². The molecule has 2 aromatic rings. The fourth-order valence-corrected chi connectivity index (χ4v) is 3.48. The smallest absolute Gasteiger partial charge is 0.226 e. The van der Waals surface area contributed by atoms with Crippen LogP contribution < -0.4 is 10.6 Å². The molecule has 0 saturated carbocycles. The quantitative estimate of drug-likeness (QED) is 0.836. The summed E-state index contributed by atoms with van der Waals surface area (Å²) >= 11 is 5.96. The zero-order chi connectivity index (χ0) is 18.0. The molecule has 0 aromatic heterocycles. The number of carbonyl (C=O) groups is 1. The summed E-state index contributed by atoms with van der Waals surface area (Å²) < 4.78 is 23.7. The van der Waals surface area contributed by atoms with E-state index in [2.05, 4.69) is 10.6 Å². The maximum Gasteiger partial charge on any atom is 0.226 e. The number of sulfone groups is 1. The lowest BCUT2D eigenvalue weighted by molar-refractivity contribution is -0.126. The number of nitrogens with one attached hydrogen (secondary N) is 2. The monoisotopic (exact) mass is 378 g/mol. The molecule has 1 fully saturated rings. The molecule has 1 aliphatic heterocycles. The van der Waals surface area contributed by atoms with Crippen LogP contribution in [0, 0.1) is 5.92 Å². The van der Waals surface area contributed by atoms with Crippen LogP contribution in [0.3, 0.4) is 0 Å². The van der Waals surface area contributed by atoms with Crippen LogP contribution in [0.5, 0.6) is 0 Å². The van der Waals surface area contributed by atoms with Gasteiger partial charge in [0.2, 0.25) is 5.91 Å². The minimum Gasteiger partial charge on any atom is -0.345 e. The highest BCUT2D eigenvalue weighted by Crippen LogP contribution is 2.26. The Balaban J connectivity index is 1.98. The summed E-state index contributed by atoms with van der Waals surface area (Å²) in [5, 5.41) is 6.71. The highest BCUT2D eigenvalue weighted by Gasteiger charge is 2.28. The van der Waals surface area contributed by atoms with E-state index in [0.29, 0.717) is 23.7 Å². The van der Waals surface area contributed by atoms with Gasteiger partial charge in [0, 0.05) is 24.4 Å². The number of halogens is 1. The van der Waals surface area contributed by atoms with Crippen LogP contribution in [-0.4, -0.2) is 33.7 Å². The molecule has 7 heteroatoms. The summed E-state index contributed by atoms with van der Waals surface area (Å²) in [5.74, 6) is -0.114. The topological polar surface area (TPSA) is 75.3 Å². The molecule has 25 heavy (non-hydrogen) atoms. The summed E-state index contributed by atoms with van der Waals surface area (Å²) in [7, 11) is -3.33. The molecule has 1 heterocycles. The van der Waals surface area contributed by atoms with Gasteiger partial charge >= 0.3 is 0 Å². The molecular weight excluding hydrogens is 360 g/mol. The Hall–Kier alpha value is -1.89. The number of rotatable bonds is 5. The maximum atomic E-state index is 12.4. The normalized spacial score (nSPS) is 16.1. The van der Waals surface area contributed by atoms with Crippen molar-refractivity contribution >= 4 is 27.3 Å². The van der Waals surface area contributed by atoms with Crippen LogP contribution in [0.25, 0.3) is 0 Å². The lowest BCUT2D eigenvalue weighted by Crippen LogP contribution is -2.51.